The van der Waals surface area contributed by atoms with Crippen molar-refractivity contribution in [2.45, 2.75) is 13.8 Å². The van der Waals surface area contributed by atoms with E-state index in [2.05, 4.69) is 0 Å². The third kappa shape index (κ3) is 3.19. The van der Waals surface area contributed by atoms with Gasteiger partial charge in [-0.1, -0.05) is 0 Å². The Morgan fingerprint density at radius 1 is 1.37 bits per heavy atom. The highest BCUT2D eigenvalue weighted by molar-refractivity contribution is 6.45. The molecule has 19 heavy (non-hydrogen) atoms. The summed E-state index contributed by atoms with van der Waals surface area (Å²) in [6.45, 7) is 3.05. The molecule has 0 bridgehead atoms. The van der Waals surface area contributed by atoms with Crippen molar-refractivity contribution in [2.24, 2.45) is 5.73 Å². The van der Waals surface area contributed by atoms with Crippen molar-refractivity contribution in [1.29, 1.82) is 5.41 Å². The molecule has 3 N–H and O–H groups in total. The SMILES string of the molecule is CC(=O)C(=N)/C(N)=C(/c1ccc(F)cc1C)N(C)C. The maximum Gasteiger partial charge on any atom is 0.179 e. The predicted octanol–water partition coefficient (Wildman–Crippen LogP) is 1.93. The molecule has 0 aliphatic rings. The lowest BCUT2D eigenvalue weighted by Crippen LogP contribution is -2.25. The van der Waals surface area contributed by atoms with Gasteiger partial charge in [0, 0.05) is 26.6 Å². The van der Waals surface area contributed by atoms with Crippen LogP contribution in [0.15, 0.2) is 23.9 Å². The van der Waals surface area contributed by atoms with Crippen LogP contribution >= 0.6 is 0 Å². The van der Waals surface area contributed by atoms with Crippen LogP contribution in [0.5, 0.6) is 0 Å². The molecular weight excluding hydrogens is 245 g/mol. The van der Waals surface area contributed by atoms with Gasteiger partial charge in [-0.25, -0.2) is 4.39 Å². The first-order valence-corrected chi connectivity index (χ1v) is 5.79. The highest BCUT2D eigenvalue weighted by Crippen LogP contribution is 2.23. The molecular formula is C14H18FN3O. The summed E-state index contributed by atoms with van der Waals surface area (Å²) in [5, 5.41) is 7.70. The third-order valence-electron chi connectivity index (χ3n) is 2.77. The molecule has 0 atom stereocenters. The average molecular weight is 263 g/mol. The summed E-state index contributed by atoms with van der Waals surface area (Å²) in [5.41, 5.74) is 7.69. The van der Waals surface area contributed by atoms with Crippen molar-refractivity contribution >= 4 is 17.2 Å². The highest BCUT2D eigenvalue weighted by atomic mass is 19.1. The van der Waals surface area contributed by atoms with E-state index >= 15 is 0 Å². The lowest BCUT2D eigenvalue weighted by atomic mass is 10.0. The van der Waals surface area contributed by atoms with Gasteiger partial charge in [0.25, 0.3) is 0 Å². The van der Waals surface area contributed by atoms with Gasteiger partial charge in [0.15, 0.2) is 5.78 Å². The molecule has 0 saturated heterocycles. The number of hydrogen-bond donors (Lipinski definition) is 2. The molecule has 1 aromatic rings. The van der Waals surface area contributed by atoms with Crippen molar-refractivity contribution in [1.82, 2.24) is 4.90 Å². The summed E-state index contributed by atoms with van der Waals surface area (Å²) >= 11 is 0. The minimum Gasteiger partial charge on any atom is -0.395 e. The second-order valence-corrected chi connectivity index (χ2v) is 4.55. The van der Waals surface area contributed by atoms with Crippen LogP contribution in [-0.2, 0) is 4.79 Å². The molecule has 0 aromatic heterocycles. The van der Waals surface area contributed by atoms with Gasteiger partial charge in [-0.3, -0.25) is 10.2 Å². The number of hydrogen-bond acceptors (Lipinski definition) is 4. The number of carbonyl (C=O) groups excluding carboxylic acids is 1. The van der Waals surface area contributed by atoms with Gasteiger partial charge in [-0.15, -0.1) is 0 Å². The van der Waals surface area contributed by atoms with Crippen LogP contribution in [0, 0.1) is 18.2 Å². The van der Waals surface area contributed by atoms with Crippen molar-refractivity contribution in [3.05, 3.63) is 40.8 Å². The molecule has 5 heteroatoms. The molecule has 0 fully saturated rings. The summed E-state index contributed by atoms with van der Waals surface area (Å²) in [4.78, 5) is 13.0. The molecule has 0 aliphatic heterocycles. The van der Waals surface area contributed by atoms with Crippen molar-refractivity contribution in [2.75, 3.05) is 14.1 Å². The lowest BCUT2D eigenvalue weighted by Gasteiger charge is -2.22. The molecule has 1 aromatic carbocycles. The quantitative estimate of drug-likeness (QED) is 0.815. The number of aryl methyl sites for hydroxylation is 1. The van der Waals surface area contributed by atoms with Gasteiger partial charge in [-0.05, 0) is 30.7 Å². The number of nitrogens with zero attached hydrogens (tertiary/aromatic N) is 1. The van der Waals surface area contributed by atoms with E-state index in [1.54, 1.807) is 32.0 Å². The first-order valence-electron chi connectivity index (χ1n) is 5.79. The van der Waals surface area contributed by atoms with Crippen LogP contribution in [0.25, 0.3) is 5.70 Å². The molecule has 4 nitrogen and oxygen atoms in total. The monoisotopic (exact) mass is 263 g/mol. The predicted molar refractivity (Wildman–Crippen MR) is 74.3 cm³/mol. The van der Waals surface area contributed by atoms with E-state index in [9.17, 15) is 9.18 Å². The van der Waals surface area contributed by atoms with E-state index in [-0.39, 0.29) is 17.2 Å². The fraction of sp³-hybridized carbons (Fsp3) is 0.286. The topological polar surface area (TPSA) is 70.2 Å². The maximum atomic E-state index is 13.1. The minimum absolute atomic E-state index is 0.0900. The Labute approximate surface area is 112 Å². The summed E-state index contributed by atoms with van der Waals surface area (Å²) in [5.74, 6) is -0.740. The van der Waals surface area contributed by atoms with Crippen LogP contribution < -0.4 is 5.73 Å². The Morgan fingerprint density at radius 2 is 1.95 bits per heavy atom. The van der Waals surface area contributed by atoms with Gasteiger partial charge in [0.05, 0.1) is 11.4 Å². The molecule has 0 spiro atoms. The highest BCUT2D eigenvalue weighted by Gasteiger charge is 2.17. The van der Waals surface area contributed by atoms with Crippen molar-refractivity contribution in [3.8, 4) is 0 Å². The smallest absolute Gasteiger partial charge is 0.179 e. The molecule has 0 heterocycles. The number of allylic oxidation sites excluding steroid dienone is 1. The Bertz CT molecular complexity index is 562. The average Bonchev–Trinajstić information content (AvgIpc) is 2.30. The zero-order valence-electron chi connectivity index (χ0n) is 11.5. The Hall–Kier alpha value is -2.17. The third-order valence-corrected chi connectivity index (χ3v) is 2.77. The Balaban J connectivity index is 3.48. The van der Waals surface area contributed by atoms with Crippen LogP contribution in [0.1, 0.15) is 18.1 Å². The van der Waals surface area contributed by atoms with Gasteiger partial charge >= 0.3 is 0 Å². The summed E-state index contributed by atoms with van der Waals surface area (Å²) in [7, 11) is 3.52. The first kappa shape index (κ1) is 14.9. The fourth-order valence-corrected chi connectivity index (χ4v) is 1.83. The van der Waals surface area contributed by atoms with Crippen LogP contribution in [0.3, 0.4) is 0 Å². The zero-order valence-corrected chi connectivity index (χ0v) is 11.5. The number of nitrogens with two attached hydrogens (primary N) is 1. The molecule has 0 unspecified atom stereocenters. The molecule has 0 amide bonds. The molecule has 0 radical (unpaired) electrons. The largest absolute Gasteiger partial charge is 0.395 e. The van der Waals surface area contributed by atoms with Gasteiger partial charge < -0.3 is 10.6 Å². The Morgan fingerprint density at radius 3 is 2.37 bits per heavy atom. The molecule has 0 aliphatic carbocycles. The first-order chi connectivity index (χ1) is 8.75. The number of ketones is 1. The van der Waals surface area contributed by atoms with Crippen molar-refractivity contribution < 1.29 is 9.18 Å². The number of carbonyl (C=O) groups is 1. The lowest BCUT2D eigenvalue weighted by molar-refractivity contribution is -0.111. The van der Waals surface area contributed by atoms with Gasteiger partial charge in [-0.2, -0.15) is 0 Å². The van der Waals surface area contributed by atoms with Crippen LogP contribution in [-0.4, -0.2) is 30.5 Å². The summed E-state index contributed by atoms with van der Waals surface area (Å²) in [6, 6.07) is 4.32. The van der Waals surface area contributed by atoms with Crippen molar-refractivity contribution in [3.63, 3.8) is 0 Å². The summed E-state index contributed by atoms with van der Waals surface area (Å²) < 4.78 is 13.1. The Kier molecular flexibility index (Phi) is 4.43. The molecule has 1 rings (SSSR count). The number of Topliss-reactive ketones (excluding diaryl/α,β-unsaturated/α-hetero) is 1. The molecule has 102 valence electrons. The maximum absolute atomic E-state index is 13.1. The van der Waals surface area contributed by atoms with Crippen LogP contribution in [0.4, 0.5) is 4.39 Å². The number of halogens is 1. The van der Waals surface area contributed by atoms with E-state index in [4.69, 9.17) is 11.1 Å². The van der Waals surface area contributed by atoms with E-state index in [1.807, 2.05) is 0 Å². The van der Waals surface area contributed by atoms with E-state index in [1.165, 1.54) is 19.1 Å². The van der Waals surface area contributed by atoms with Gasteiger partial charge in [0.1, 0.15) is 11.5 Å². The van der Waals surface area contributed by atoms with E-state index < -0.39 is 5.78 Å². The zero-order chi connectivity index (χ0) is 14.7. The van der Waals surface area contributed by atoms with Crippen LogP contribution in [0.2, 0.25) is 0 Å². The minimum atomic E-state index is -0.406. The normalized spacial score (nSPS) is 11.8. The van der Waals surface area contributed by atoms with Gasteiger partial charge in [0.2, 0.25) is 0 Å². The van der Waals surface area contributed by atoms with E-state index in [0.29, 0.717) is 16.8 Å². The number of rotatable bonds is 4. The second-order valence-electron chi connectivity index (χ2n) is 4.55. The summed E-state index contributed by atoms with van der Waals surface area (Å²) in [6.07, 6.45) is 0. The number of nitrogens with one attached hydrogen (secondary N) is 1. The fourth-order valence-electron chi connectivity index (χ4n) is 1.83. The molecule has 0 saturated carbocycles. The standard InChI is InChI=1S/C14H18FN3O/c1-8-7-10(15)5-6-11(8)14(18(3)4)13(17)12(16)9(2)19/h5-7,16H,17H2,1-4H3/b14-13+,16-12?. The number of benzene rings is 1. The van der Waals surface area contributed by atoms with E-state index in [0.717, 1.165) is 0 Å². The second kappa shape index (κ2) is 5.65.